The van der Waals surface area contributed by atoms with Gasteiger partial charge < -0.3 is 15.0 Å². The number of amides is 1. The molecule has 0 aliphatic rings. The van der Waals surface area contributed by atoms with Gasteiger partial charge in [-0.05, 0) is 61.0 Å². The SMILES string of the molecule is CCN(CC)c1ccc(C(=O)OCC(=O)Nc2ccc3ccccc3c2)cc1. The van der Waals surface area contributed by atoms with Crippen molar-refractivity contribution in [3.05, 3.63) is 72.3 Å². The number of rotatable bonds is 7. The Morgan fingerprint density at radius 1 is 0.893 bits per heavy atom. The average molecular weight is 376 g/mol. The second-order valence-electron chi connectivity index (χ2n) is 6.41. The van der Waals surface area contributed by atoms with Crippen LogP contribution in [0.25, 0.3) is 10.8 Å². The summed E-state index contributed by atoms with van der Waals surface area (Å²) in [6.07, 6.45) is 0. The molecule has 0 saturated heterocycles. The molecule has 5 heteroatoms. The number of carbonyl (C=O) groups is 2. The topological polar surface area (TPSA) is 58.6 Å². The summed E-state index contributed by atoms with van der Waals surface area (Å²) in [7, 11) is 0. The molecule has 0 aliphatic carbocycles. The molecule has 1 amide bonds. The van der Waals surface area contributed by atoms with Gasteiger partial charge in [0, 0.05) is 24.5 Å². The summed E-state index contributed by atoms with van der Waals surface area (Å²) < 4.78 is 5.14. The Balaban J connectivity index is 1.55. The Morgan fingerprint density at radius 3 is 2.25 bits per heavy atom. The van der Waals surface area contributed by atoms with E-state index in [1.54, 1.807) is 12.1 Å². The minimum atomic E-state index is -0.514. The Morgan fingerprint density at radius 2 is 1.57 bits per heavy atom. The third kappa shape index (κ3) is 4.68. The number of esters is 1. The number of nitrogens with zero attached hydrogens (tertiary/aromatic N) is 1. The van der Waals surface area contributed by atoms with Crippen LogP contribution in [0.1, 0.15) is 24.2 Å². The molecule has 0 atom stereocenters. The molecule has 0 fully saturated rings. The Kier molecular flexibility index (Phi) is 6.27. The summed E-state index contributed by atoms with van der Waals surface area (Å²) in [5.41, 5.74) is 2.15. The number of benzene rings is 3. The van der Waals surface area contributed by atoms with Gasteiger partial charge in [0.2, 0.25) is 0 Å². The van der Waals surface area contributed by atoms with Crippen LogP contribution < -0.4 is 10.2 Å². The van der Waals surface area contributed by atoms with Crippen molar-refractivity contribution in [3.8, 4) is 0 Å². The van der Waals surface area contributed by atoms with E-state index in [2.05, 4.69) is 24.1 Å². The van der Waals surface area contributed by atoms with Crippen LogP contribution in [-0.2, 0) is 9.53 Å². The number of hydrogen-bond donors (Lipinski definition) is 1. The molecule has 0 spiro atoms. The van der Waals surface area contributed by atoms with Gasteiger partial charge in [-0.2, -0.15) is 0 Å². The highest BCUT2D eigenvalue weighted by Crippen LogP contribution is 2.19. The first kappa shape index (κ1) is 19.4. The third-order valence-corrected chi connectivity index (χ3v) is 4.60. The van der Waals surface area contributed by atoms with E-state index < -0.39 is 5.97 Å². The van der Waals surface area contributed by atoms with Crippen molar-refractivity contribution in [1.82, 2.24) is 0 Å². The minimum absolute atomic E-state index is 0.330. The van der Waals surface area contributed by atoms with E-state index in [9.17, 15) is 9.59 Å². The maximum absolute atomic E-state index is 12.2. The average Bonchev–Trinajstić information content (AvgIpc) is 2.73. The molecule has 144 valence electrons. The van der Waals surface area contributed by atoms with Gasteiger partial charge in [-0.25, -0.2) is 4.79 Å². The number of anilines is 2. The first-order chi connectivity index (χ1) is 13.6. The van der Waals surface area contributed by atoms with Crippen molar-refractivity contribution in [3.63, 3.8) is 0 Å². The summed E-state index contributed by atoms with van der Waals surface area (Å²) in [5.74, 6) is -0.886. The number of nitrogens with one attached hydrogen (secondary N) is 1. The first-order valence-electron chi connectivity index (χ1n) is 9.41. The molecule has 0 saturated carbocycles. The molecule has 0 aliphatic heterocycles. The van der Waals surface area contributed by atoms with Crippen LogP contribution in [0.3, 0.4) is 0 Å². The lowest BCUT2D eigenvalue weighted by molar-refractivity contribution is -0.119. The molecule has 3 rings (SSSR count). The van der Waals surface area contributed by atoms with Crippen LogP contribution >= 0.6 is 0 Å². The number of ether oxygens (including phenoxy) is 1. The highest BCUT2D eigenvalue weighted by atomic mass is 16.5. The van der Waals surface area contributed by atoms with Crippen molar-refractivity contribution in [2.75, 3.05) is 29.9 Å². The van der Waals surface area contributed by atoms with Crippen LogP contribution in [0.4, 0.5) is 11.4 Å². The Bertz CT molecular complexity index is 963. The van der Waals surface area contributed by atoms with E-state index in [-0.39, 0.29) is 12.5 Å². The fourth-order valence-electron chi connectivity index (χ4n) is 3.08. The molecular formula is C23H24N2O3. The van der Waals surface area contributed by atoms with Gasteiger partial charge in [0.1, 0.15) is 0 Å². The minimum Gasteiger partial charge on any atom is -0.452 e. The zero-order valence-electron chi connectivity index (χ0n) is 16.1. The van der Waals surface area contributed by atoms with Gasteiger partial charge in [0.25, 0.3) is 5.91 Å². The van der Waals surface area contributed by atoms with Gasteiger partial charge in [-0.3, -0.25) is 4.79 Å². The lowest BCUT2D eigenvalue weighted by Gasteiger charge is -2.20. The summed E-state index contributed by atoms with van der Waals surface area (Å²) in [6.45, 7) is 5.63. The molecule has 0 radical (unpaired) electrons. The standard InChI is InChI=1S/C23H24N2O3/c1-3-25(4-2)21-13-10-18(11-14-21)23(27)28-16-22(26)24-20-12-9-17-7-5-6-8-19(17)15-20/h5-15H,3-4,16H2,1-2H3,(H,24,26). The van der Waals surface area contributed by atoms with Crippen LogP contribution in [0.2, 0.25) is 0 Å². The van der Waals surface area contributed by atoms with Crippen molar-refractivity contribution < 1.29 is 14.3 Å². The molecule has 0 heterocycles. The highest BCUT2D eigenvalue weighted by molar-refractivity contribution is 5.97. The maximum atomic E-state index is 12.2. The zero-order chi connectivity index (χ0) is 19.9. The second-order valence-corrected chi connectivity index (χ2v) is 6.41. The second kappa shape index (κ2) is 9.04. The van der Waals surface area contributed by atoms with Crippen LogP contribution in [0.15, 0.2) is 66.7 Å². The largest absolute Gasteiger partial charge is 0.452 e. The van der Waals surface area contributed by atoms with Gasteiger partial charge in [-0.1, -0.05) is 30.3 Å². The van der Waals surface area contributed by atoms with Gasteiger partial charge >= 0.3 is 5.97 Å². The van der Waals surface area contributed by atoms with E-state index in [1.165, 1.54) is 0 Å². The van der Waals surface area contributed by atoms with Crippen LogP contribution in [0.5, 0.6) is 0 Å². The molecule has 1 N–H and O–H groups in total. The Labute approximate surface area is 164 Å². The third-order valence-electron chi connectivity index (χ3n) is 4.60. The quantitative estimate of drug-likeness (QED) is 0.618. The zero-order valence-corrected chi connectivity index (χ0v) is 16.1. The molecule has 5 nitrogen and oxygen atoms in total. The van der Waals surface area contributed by atoms with Gasteiger partial charge in [0.05, 0.1) is 5.56 Å². The lowest BCUT2D eigenvalue weighted by atomic mass is 10.1. The van der Waals surface area contributed by atoms with E-state index in [0.29, 0.717) is 11.3 Å². The smallest absolute Gasteiger partial charge is 0.338 e. The molecular weight excluding hydrogens is 352 g/mol. The molecule has 3 aromatic carbocycles. The van der Waals surface area contributed by atoms with E-state index in [4.69, 9.17) is 4.74 Å². The van der Waals surface area contributed by atoms with Crippen molar-refractivity contribution in [1.29, 1.82) is 0 Å². The lowest BCUT2D eigenvalue weighted by Crippen LogP contribution is -2.22. The number of carbonyl (C=O) groups excluding carboxylic acids is 2. The summed E-state index contributed by atoms with van der Waals surface area (Å²) in [6, 6.07) is 20.8. The predicted molar refractivity (Wildman–Crippen MR) is 113 cm³/mol. The first-order valence-corrected chi connectivity index (χ1v) is 9.41. The van der Waals surface area contributed by atoms with E-state index >= 15 is 0 Å². The molecule has 0 unspecified atom stereocenters. The summed E-state index contributed by atoms with van der Waals surface area (Å²) in [4.78, 5) is 26.5. The molecule has 0 aromatic heterocycles. The van der Waals surface area contributed by atoms with E-state index in [1.807, 2.05) is 54.6 Å². The Hall–Kier alpha value is -3.34. The van der Waals surface area contributed by atoms with Crippen molar-refractivity contribution in [2.24, 2.45) is 0 Å². The monoisotopic (exact) mass is 376 g/mol. The predicted octanol–water partition coefficient (Wildman–Crippen LogP) is 4.48. The fraction of sp³-hybridized carbons (Fsp3) is 0.217. The maximum Gasteiger partial charge on any atom is 0.338 e. The highest BCUT2D eigenvalue weighted by Gasteiger charge is 2.11. The van der Waals surface area contributed by atoms with Crippen LogP contribution in [-0.4, -0.2) is 31.6 Å². The fourth-order valence-corrected chi connectivity index (χ4v) is 3.08. The molecule has 28 heavy (non-hydrogen) atoms. The molecule has 3 aromatic rings. The van der Waals surface area contributed by atoms with Gasteiger partial charge in [0.15, 0.2) is 6.61 Å². The van der Waals surface area contributed by atoms with E-state index in [0.717, 1.165) is 29.5 Å². The van der Waals surface area contributed by atoms with Gasteiger partial charge in [-0.15, -0.1) is 0 Å². The number of fused-ring (bicyclic) bond motifs is 1. The number of hydrogen-bond acceptors (Lipinski definition) is 4. The normalized spacial score (nSPS) is 10.5. The van der Waals surface area contributed by atoms with Crippen LogP contribution in [0, 0.1) is 0 Å². The molecule has 0 bridgehead atoms. The summed E-state index contributed by atoms with van der Waals surface area (Å²) in [5, 5.41) is 4.89. The van der Waals surface area contributed by atoms with Crippen molar-refractivity contribution >= 4 is 34.0 Å². The summed E-state index contributed by atoms with van der Waals surface area (Å²) >= 11 is 0. The van der Waals surface area contributed by atoms with Crippen molar-refractivity contribution in [2.45, 2.75) is 13.8 Å².